The molecule has 0 bridgehead atoms. The van der Waals surface area contributed by atoms with Gasteiger partial charge in [-0.3, -0.25) is 4.79 Å². The summed E-state index contributed by atoms with van der Waals surface area (Å²) in [5, 5.41) is 0. The molecule has 4 nitrogen and oxygen atoms in total. The van der Waals surface area contributed by atoms with Gasteiger partial charge in [0.05, 0.1) is 6.10 Å². The maximum Gasteiger partial charge on any atom is 0.260 e. The second kappa shape index (κ2) is 6.57. The van der Waals surface area contributed by atoms with E-state index in [-0.39, 0.29) is 18.6 Å². The van der Waals surface area contributed by atoms with Crippen LogP contribution in [0.3, 0.4) is 0 Å². The van der Waals surface area contributed by atoms with Crippen LogP contribution in [0.4, 0.5) is 0 Å². The van der Waals surface area contributed by atoms with Gasteiger partial charge < -0.3 is 14.4 Å². The summed E-state index contributed by atoms with van der Waals surface area (Å²) in [5.74, 6) is 0.750. The molecule has 1 unspecified atom stereocenters. The number of nitrogens with zero attached hydrogens (tertiary/aromatic N) is 1. The Morgan fingerprint density at radius 3 is 2.95 bits per heavy atom. The highest BCUT2D eigenvalue weighted by molar-refractivity contribution is 5.77. The van der Waals surface area contributed by atoms with Gasteiger partial charge in [0.15, 0.2) is 6.61 Å². The fourth-order valence-electron chi connectivity index (χ4n) is 2.16. The highest BCUT2D eigenvalue weighted by atomic mass is 16.5. The number of rotatable bonds is 5. The molecule has 19 heavy (non-hydrogen) atoms. The molecular formula is C15H21NO3. The SMILES string of the molecule is Cc1ccccc1OCC(=O)N(C)CC1CCCO1. The van der Waals surface area contributed by atoms with E-state index in [1.165, 1.54) is 0 Å². The van der Waals surface area contributed by atoms with Crippen LogP contribution in [0.25, 0.3) is 0 Å². The smallest absolute Gasteiger partial charge is 0.260 e. The first-order valence-electron chi connectivity index (χ1n) is 6.71. The van der Waals surface area contributed by atoms with Crippen molar-refractivity contribution in [2.75, 3.05) is 26.8 Å². The number of benzene rings is 1. The van der Waals surface area contributed by atoms with Crippen LogP contribution in [0, 0.1) is 6.92 Å². The minimum Gasteiger partial charge on any atom is -0.484 e. The Bertz CT molecular complexity index is 427. The summed E-state index contributed by atoms with van der Waals surface area (Å²) >= 11 is 0. The topological polar surface area (TPSA) is 38.8 Å². The number of aryl methyl sites for hydroxylation is 1. The van der Waals surface area contributed by atoms with Crippen molar-refractivity contribution in [3.05, 3.63) is 29.8 Å². The summed E-state index contributed by atoms with van der Waals surface area (Å²) in [7, 11) is 1.80. The summed E-state index contributed by atoms with van der Waals surface area (Å²) in [6.45, 7) is 3.51. The number of carbonyl (C=O) groups is 1. The Hall–Kier alpha value is -1.55. The quantitative estimate of drug-likeness (QED) is 0.815. The standard InChI is InChI=1S/C15H21NO3/c1-12-6-3-4-8-14(12)19-11-15(17)16(2)10-13-7-5-9-18-13/h3-4,6,8,13H,5,7,9-11H2,1-2H3. The van der Waals surface area contributed by atoms with Crippen LogP contribution in [0.1, 0.15) is 18.4 Å². The lowest BCUT2D eigenvalue weighted by molar-refractivity contribution is -0.133. The molecule has 1 heterocycles. The predicted molar refractivity (Wildman–Crippen MR) is 73.3 cm³/mol. The van der Waals surface area contributed by atoms with Gasteiger partial charge in [0.2, 0.25) is 0 Å². The molecule has 104 valence electrons. The lowest BCUT2D eigenvalue weighted by atomic mass is 10.2. The van der Waals surface area contributed by atoms with Crippen LogP contribution < -0.4 is 4.74 Å². The highest BCUT2D eigenvalue weighted by Crippen LogP contribution is 2.16. The molecule has 4 heteroatoms. The van der Waals surface area contributed by atoms with Crippen LogP contribution in [0.5, 0.6) is 5.75 Å². The van der Waals surface area contributed by atoms with E-state index in [1.54, 1.807) is 11.9 Å². The lowest BCUT2D eigenvalue weighted by Crippen LogP contribution is -2.37. The second-order valence-electron chi connectivity index (χ2n) is 4.96. The first kappa shape index (κ1) is 13.9. The van der Waals surface area contributed by atoms with Gasteiger partial charge in [-0.15, -0.1) is 0 Å². The molecule has 1 saturated heterocycles. The predicted octanol–water partition coefficient (Wildman–Crippen LogP) is 2.01. The third kappa shape index (κ3) is 3.96. The summed E-state index contributed by atoms with van der Waals surface area (Å²) < 4.78 is 11.1. The van der Waals surface area contributed by atoms with E-state index < -0.39 is 0 Å². The number of amides is 1. The van der Waals surface area contributed by atoms with Crippen molar-refractivity contribution in [2.24, 2.45) is 0 Å². The lowest BCUT2D eigenvalue weighted by Gasteiger charge is -2.21. The van der Waals surface area contributed by atoms with Crippen LogP contribution >= 0.6 is 0 Å². The first-order chi connectivity index (χ1) is 9.16. The molecule has 0 aromatic heterocycles. The minimum absolute atomic E-state index is 0.0150. The van der Waals surface area contributed by atoms with Crippen molar-refractivity contribution in [1.82, 2.24) is 4.90 Å². The Morgan fingerprint density at radius 2 is 2.26 bits per heavy atom. The summed E-state index contributed by atoms with van der Waals surface area (Å²) in [6.07, 6.45) is 2.32. The zero-order valence-electron chi connectivity index (χ0n) is 11.6. The van der Waals surface area contributed by atoms with Gasteiger partial charge in [-0.2, -0.15) is 0 Å². The van der Waals surface area contributed by atoms with E-state index in [1.807, 2.05) is 31.2 Å². The number of ether oxygens (including phenoxy) is 2. The third-order valence-electron chi connectivity index (χ3n) is 3.37. The molecule has 1 atom stereocenters. The van der Waals surface area contributed by atoms with Crippen molar-refractivity contribution in [2.45, 2.75) is 25.9 Å². The van der Waals surface area contributed by atoms with Gasteiger partial charge in [-0.25, -0.2) is 0 Å². The maximum absolute atomic E-state index is 12.0. The van der Waals surface area contributed by atoms with Gasteiger partial charge in [-0.1, -0.05) is 18.2 Å². The van der Waals surface area contributed by atoms with E-state index in [0.29, 0.717) is 6.54 Å². The number of likely N-dealkylation sites (N-methyl/N-ethyl adjacent to an activating group) is 1. The fraction of sp³-hybridized carbons (Fsp3) is 0.533. The molecule has 2 rings (SSSR count). The van der Waals surface area contributed by atoms with Crippen LogP contribution in [0.15, 0.2) is 24.3 Å². The minimum atomic E-state index is -0.0150. The molecule has 0 N–H and O–H groups in total. The summed E-state index contributed by atoms with van der Waals surface area (Å²) in [6, 6.07) is 7.70. The molecule has 1 aromatic rings. The Labute approximate surface area is 114 Å². The molecular weight excluding hydrogens is 242 g/mol. The molecule has 1 fully saturated rings. The Kier molecular flexibility index (Phi) is 4.80. The molecule has 0 spiro atoms. The van der Waals surface area contributed by atoms with Gasteiger partial charge in [0.25, 0.3) is 5.91 Å². The van der Waals surface area contributed by atoms with E-state index in [0.717, 1.165) is 30.8 Å². The monoisotopic (exact) mass is 263 g/mol. The van der Waals surface area contributed by atoms with Crippen LogP contribution in [0.2, 0.25) is 0 Å². The molecule has 1 amide bonds. The van der Waals surface area contributed by atoms with Crippen molar-refractivity contribution >= 4 is 5.91 Å². The third-order valence-corrected chi connectivity index (χ3v) is 3.37. The maximum atomic E-state index is 12.0. The number of hydrogen-bond donors (Lipinski definition) is 0. The van der Waals surface area contributed by atoms with E-state index in [2.05, 4.69) is 0 Å². The Morgan fingerprint density at radius 1 is 1.47 bits per heavy atom. The van der Waals surface area contributed by atoms with Gasteiger partial charge >= 0.3 is 0 Å². The molecule has 0 aliphatic carbocycles. The first-order valence-corrected chi connectivity index (χ1v) is 6.71. The zero-order chi connectivity index (χ0) is 13.7. The van der Waals surface area contributed by atoms with E-state index >= 15 is 0 Å². The molecule has 1 aliphatic rings. The number of hydrogen-bond acceptors (Lipinski definition) is 3. The van der Waals surface area contributed by atoms with E-state index in [4.69, 9.17) is 9.47 Å². The molecule has 0 radical (unpaired) electrons. The molecule has 1 aliphatic heterocycles. The fourth-order valence-corrected chi connectivity index (χ4v) is 2.16. The second-order valence-corrected chi connectivity index (χ2v) is 4.96. The average molecular weight is 263 g/mol. The number of carbonyl (C=O) groups excluding carboxylic acids is 1. The zero-order valence-corrected chi connectivity index (χ0v) is 11.6. The normalized spacial score (nSPS) is 18.3. The van der Waals surface area contributed by atoms with Crippen molar-refractivity contribution in [3.63, 3.8) is 0 Å². The van der Waals surface area contributed by atoms with Gasteiger partial charge in [0.1, 0.15) is 5.75 Å². The highest BCUT2D eigenvalue weighted by Gasteiger charge is 2.20. The summed E-state index contributed by atoms with van der Waals surface area (Å²) in [4.78, 5) is 13.6. The van der Waals surface area contributed by atoms with Gasteiger partial charge in [-0.05, 0) is 31.4 Å². The molecule has 0 saturated carbocycles. The largest absolute Gasteiger partial charge is 0.484 e. The average Bonchev–Trinajstić information content (AvgIpc) is 2.90. The van der Waals surface area contributed by atoms with Crippen LogP contribution in [-0.2, 0) is 9.53 Å². The molecule has 1 aromatic carbocycles. The van der Waals surface area contributed by atoms with Crippen LogP contribution in [-0.4, -0.2) is 43.7 Å². The van der Waals surface area contributed by atoms with E-state index in [9.17, 15) is 4.79 Å². The Balaban J connectivity index is 1.78. The van der Waals surface area contributed by atoms with Gasteiger partial charge in [0, 0.05) is 20.2 Å². The summed E-state index contributed by atoms with van der Waals surface area (Å²) in [5.41, 5.74) is 1.04. The van der Waals surface area contributed by atoms with Crippen molar-refractivity contribution < 1.29 is 14.3 Å². The number of para-hydroxylation sites is 1. The van der Waals surface area contributed by atoms with Crippen molar-refractivity contribution in [3.8, 4) is 5.75 Å². The van der Waals surface area contributed by atoms with Crippen molar-refractivity contribution in [1.29, 1.82) is 0 Å².